The summed E-state index contributed by atoms with van der Waals surface area (Å²) in [5, 5.41) is 0. The average Bonchev–Trinajstić information content (AvgIpc) is 3.00. The normalized spacial score (nSPS) is 13.4. The molecule has 0 amide bonds. The Morgan fingerprint density at radius 3 is 2.04 bits per heavy atom. The van der Waals surface area contributed by atoms with Crippen molar-refractivity contribution < 1.29 is 0 Å². The first kappa shape index (κ1) is 17.9. The quantitative estimate of drug-likeness (QED) is 0.841. The number of fused-ring (bicyclic) bond motifs is 1. The van der Waals surface area contributed by atoms with Crippen molar-refractivity contribution in [1.29, 1.82) is 0 Å². The zero-order valence-corrected chi connectivity index (χ0v) is 15.9. The topological polar surface area (TPSA) is 51.8 Å². The summed E-state index contributed by atoms with van der Waals surface area (Å²) < 4.78 is 0.816. The van der Waals surface area contributed by atoms with Crippen LogP contribution in [0.2, 0.25) is 0 Å². The Hall–Kier alpha value is -1.42. The lowest BCUT2D eigenvalue weighted by Crippen LogP contribution is -2.04. The largest absolute Gasteiger partial charge is 0.382 e. The molecule has 1 aliphatic carbocycles. The van der Waals surface area contributed by atoms with Crippen LogP contribution in [-0.2, 0) is 25.7 Å². The monoisotopic (exact) mass is 375 g/mol. The molecule has 1 heterocycles. The minimum Gasteiger partial charge on any atom is -0.382 e. The molecule has 0 saturated heterocycles. The number of nitrogens with two attached hydrogens (primary N) is 1. The van der Waals surface area contributed by atoms with Crippen LogP contribution in [0.1, 0.15) is 49.7 Å². The van der Waals surface area contributed by atoms with E-state index < -0.39 is 0 Å². The summed E-state index contributed by atoms with van der Waals surface area (Å²) in [6, 6.07) is 8.84. The Morgan fingerprint density at radius 2 is 1.57 bits per heavy atom. The van der Waals surface area contributed by atoms with E-state index in [1.165, 1.54) is 19.3 Å². The second-order valence-electron chi connectivity index (χ2n) is 5.95. The lowest BCUT2D eigenvalue weighted by atomic mass is 10.0. The number of halogens is 1. The molecule has 2 aromatic rings. The summed E-state index contributed by atoms with van der Waals surface area (Å²) in [6.45, 7) is 6.33. The Balaban J connectivity index is 0.000000167. The number of nitrogen functional groups attached to an aromatic ring is 1. The molecule has 0 atom stereocenters. The van der Waals surface area contributed by atoms with Gasteiger partial charge in [0.05, 0.1) is 11.4 Å². The van der Waals surface area contributed by atoms with Crippen LogP contribution >= 0.6 is 15.9 Å². The molecular formula is C19H26BrN3. The van der Waals surface area contributed by atoms with Crippen LogP contribution in [0.15, 0.2) is 28.9 Å². The SMILES string of the molecule is CCC1Cc2ccccc2C1.CCc1nc(Br)c(CC)nc1N. The van der Waals surface area contributed by atoms with Crippen molar-refractivity contribution in [3.8, 4) is 0 Å². The zero-order valence-electron chi connectivity index (χ0n) is 14.3. The molecular weight excluding hydrogens is 350 g/mol. The molecule has 124 valence electrons. The highest BCUT2D eigenvalue weighted by Gasteiger charge is 2.18. The Labute approximate surface area is 147 Å². The van der Waals surface area contributed by atoms with Crippen LogP contribution in [-0.4, -0.2) is 9.97 Å². The third-order valence-corrected chi connectivity index (χ3v) is 5.04. The Kier molecular flexibility index (Phi) is 6.58. The Bertz CT molecular complexity index is 600. The molecule has 1 aromatic carbocycles. The number of aryl methyl sites for hydroxylation is 2. The van der Waals surface area contributed by atoms with Gasteiger partial charge in [0.2, 0.25) is 0 Å². The summed E-state index contributed by atoms with van der Waals surface area (Å²) in [5.74, 6) is 1.48. The molecule has 1 aliphatic rings. The van der Waals surface area contributed by atoms with Gasteiger partial charge in [0.25, 0.3) is 0 Å². The maximum atomic E-state index is 5.68. The molecule has 0 fully saturated rings. The third kappa shape index (κ3) is 4.54. The fourth-order valence-electron chi connectivity index (χ4n) is 2.92. The van der Waals surface area contributed by atoms with Crippen molar-refractivity contribution in [2.45, 2.75) is 52.9 Å². The van der Waals surface area contributed by atoms with Crippen LogP contribution in [0.3, 0.4) is 0 Å². The van der Waals surface area contributed by atoms with E-state index in [-0.39, 0.29) is 0 Å². The van der Waals surface area contributed by atoms with Crippen molar-refractivity contribution in [1.82, 2.24) is 9.97 Å². The smallest absolute Gasteiger partial charge is 0.145 e. The van der Waals surface area contributed by atoms with E-state index in [0.717, 1.165) is 34.8 Å². The molecule has 0 unspecified atom stereocenters. The molecule has 0 spiro atoms. The summed E-state index contributed by atoms with van der Waals surface area (Å²) in [4.78, 5) is 8.52. The van der Waals surface area contributed by atoms with Crippen LogP contribution in [0, 0.1) is 5.92 Å². The van der Waals surface area contributed by atoms with E-state index in [9.17, 15) is 0 Å². The van der Waals surface area contributed by atoms with Gasteiger partial charge < -0.3 is 5.73 Å². The Morgan fingerprint density at radius 1 is 1.00 bits per heavy atom. The molecule has 0 saturated carbocycles. The van der Waals surface area contributed by atoms with Gasteiger partial charge in [-0.25, -0.2) is 9.97 Å². The first-order valence-electron chi connectivity index (χ1n) is 8.46. The summed E-state index contributed by atoms with van der Waals surface area (Å²) in [5.41, 5.74) is 10.6. The van der Waals surface area contributed by atoms with E-state index in [2.05, 4.69) is 57.1 Å². The molecule has 23 heavy (non-hydrogen) atoms. The van der Waals surface area contributed by atoms with Gasteiger partial charge in [-0.2, -0.15) is 0 Å². The third-order valence-electron chi connectivity index (χ3n) is 4.41. The van der Waals surface area contributed by atoms with E-state index in [1.807, 2.05) is 13.8 Å². The lowest BCUT2D eigenvalue weighted by Gasteiger charge is -2.05. The number of rotatable bonds is 3. The van der Waals surface area contributed by atoms with Gasteiger partial charge in [0.1, 0.15) is 10.4 Å². The predicted molar refractivity (Wildman–Crippen MR) is 101 cm³/mol. The number of hydrogen-bond donors (Lipinski definition) is 1. The average molecular weight is 376 g/mol. The second-order valence-corrected chi connectivity index (χ2v) is 6.70. The van der Waals surface area contributed by atoms with Crippen molar-refractivity contribution >= 4 is 21.7 Å². The minimum atomic E-state index is 0.553. The number of nitrogens with zero attached hydrogens (tertiary/aromatic N) is 2. The van der Waals surface area contributed by atoms with Gasteiger partial charge in [-0.3, -0.25) is 0 Å². The van der Waals surface area contributed by atoms with Crippen LogP contribution in [0.25, 0.3) is 0 Å². The maximum Gasteiger partial charge on any atom is 0.145 e. The van der Waals surface area contributed by atoms with E-state index in [1.54, 1.807) is 11.1 Å². The first-order chi connectivity index (χ1) is 11.1. The van der Waals surface area contributed by atoms with Crippen LogP contribution < -0.4 is 5.73 Å². The van der Waals surface area contributed by atoms with Gasteiger partial charge in [-0.1, -0.05) is 51.5 Å². The standard InChI is InChI=1S/C11H14.C8H12BrN3/c1-2-9-7-10-5-3-4-6-11(10)8-9;1-3-5-7(9)11-6(4-2)8(10)12-5/h3-6,9H,2,7-8H2,1H3;3-4H2,1-2H3,(H2,10,12). The van der Waals surface area contributed by atoms with Gasteiger partial charge >= 0.3 is 0 Å². The van der Waals surface area contributed by atoms with Gasteiger partial charge in [0, 0.05) is 0 Å². The highest BCUT2D eigenvalue weighted by molar-refractivity contribution is 9.10. The second kappa shape index (κ2) is 8.44. The number of aromatic nitrogens is 2. The number of benzene rings is 1. The highest BCUT2D eigenvalue weighted by atomic mass is 79.9. The summed E-state index contributed by atoms with van der Waals surface area (Å²) in [6.07, 6.45) is 5.62. The van der Waals surface area contributed by atoms with E-state index in [4.69, 9.17) is 5.73 Å². The number of hydrogen-bond acceptors (Lipinski definition) is 3. The minimum absolute atomic E-state index is 0.553. The molecule has 3 rings (SSSR count). The van der Waals surface area contributed by atoms with Crippen LogP contribution in [0.5, 0.6) is 0 Å². The van der Waals surface area contributed by atoms with Crippen LogP contribution in [0.4, 0.5) is 5.82 Å². The summed E-state index contributed by atoms with van der Waals surface area (Å²) in [7, 11) is 0. The van der Waals surface area contributed by atoms with Gasteiger partial charge in [0.15, 0.2) is 0 Å². The molecule has 4 heteroatoms. The lowest BCUT2D eigenvalue weighted by molar-refractivity contribution is 0.543. The van der Waals surface area contributed by atoms with Gasteiger partial charge in [-0.15, -0.1) is 0 Å². The predicted octanol–water partition coefficient (Wildman–Crippen LogP) is 4.76. The summed E-state index contributed by atoms with van der Waals surface area (Å²) >= 11 is 3.35. The molecule has 2 N–H and O–H groups in total. The first-order valence-corrected chi connectivity index (χ1v) is 9.25. The molecule has 1 aromatic heterocycles. The van der Waals surface area contributed by atoms with Crippen molar-refractivity contribution in [2.24, 2.45) is 5.92 Å². The fraction of sp³-hybridized carbons (Fsp3) is 0.474. The molecule has 3 nitrogen and oxygen atoms in total. The molecule has 0 bridgehead atoms. The molecule has 0 radical (unpaired) electrons. The van der Waals surface area contributed by atoms with E-state index in [0.29, 0.717) is 5.82 Å². The van der Waals surface area contributed by atoms with Crippen molar-refractivity contribution in [3.63, 3.8) is 0 Å². The fourth-order valence-corrected chi connectivity index (χ4v) is 3.50. The zero-order chi connectivity index (χ0) is 16.8. The van der Waals surface area contributed by atoms with Gasteiger partial charge in [-0.05, 0) is 58.7 Å². The van der Waals surface area contributed by atoms with E-state index >= 15 is 0 Å². The highest BCUT2D eigenvalue weighted by Crippen LogP contribution is 2.27. The number of anilines is 1. The van der Waals surface area contributed by atoms with Crippen molar-refractivity contribution in [3.05, 3.63) is 51.4 Å². The maximum absolute atomic E-state index is 5.68. The molecule has 0 aliphatic heterocycles. The van der Waals surface area contributed by atoms with Crippen molar-refractivity contribution in [2.75, 3.05) is 5.73 Å².